The van der Waals surface area contributed by atoms with Crippen LogP contribution < -0.4 is 5.32 Å². The highest BCUT2D eigenvalue weighted by molar-refractivity contribution is 5.85. The lowest BCUT2D eigenvalue weighted by Crippen LogP contribution is -2.41. The summed E-state index contributed by atoms with van der Waals surface area (Å²) < 4.78 is 14.0. The van der Waals surface area contributed by atoms with Gasteiger partial charge in [-0.3, -0.25) is 9.69 Å². The maximum Gasteiger partial charge on any atom is 0.410 e. The van der Waals surface area contributed by atoms with Gasteiger partial charge < -0.3 is 19.5 Å². The summed E-state index contributed by atoms with van der Waals surface area (Å²) in [4.78, 5) is 34.9. The Balaban J connectivity index is 0.000000495. The van der Waals surface area contributed by atoms with Gasteiger partial charge in [0, 0.05) is 6.54 Å². The van der Waals surface area contributed by atoms with Gasteiger partial charge in [0.1, 0.15) is 18.7 Å². The lowest BCUT2D eigenvalue weighted by atomic mass is 10.2. The van der Waals surface area contributed by atoms with Gasteiger partial charge in [-0.15, -0.1) is 12.4 Å². The molecule has 0 spiro atoms. The average molecular weight is 379 g/mol. The van der Waals surface area contributed by atoms with E-state index in [0.717, 1.165) is 25.8 Å². The molecule has 2 saturated heterocycles. The molecule has 1 amide bonds. The van der Waals surface area contributed by atoms with Crippen LogP contribution in [0.4, 0.5) is 4.79 Å². The van der Waals surface area contributed by atoms with Crippen LogP contribution in [0.1, 0.15) is 25.7 Å². The molecule has 144 valence electrons. The number of carbonyl (C=O) groups excluding carboxylic acids is 3. The van der Waals surface area contributed by atoms with E-state index in [2.05, 4.69) is 21.4 Å². The van der Waals surface area contributed by atoms with Crippen LogP contribution in [0.2, 0.25) is 0 Å². The van der Waals surface area contributed by atoms with Gasteiger partial charge in [-0.05, 0) is 32.2 Å². The van der Waals surface area contributed by atoms with Crippen LogP contribution in [0.15, 0.2) is 12.7 Å². The first-order valence-electron chi connectivity index (χ1n) is 7.98. The third-order valence-corrected chi connectivity index (χ3v) is 3.83. The average Bonchev–Trinajstić information content (AvgIpc) is 3.30. The maximum absolute atomic E-state index is 11.5. The van der Waals surface area contributed by atoms with Gasteiger partial charge in [-0.2, -0.15) is 0 Å². The summed E-state index contributed by atoms with van der Waals surface area (Å²) in [6, 6.07) is -0.526. The monoisotopic (exact) mass is 378 g/mol. The summed E-state index contributed by atoms with van der Waals surface area (Å²) >= 11 is 0. The van der Waals surface area contributed by atoms with Crippen LogP contribution in [0, 0.1) is 0 Å². The second-order valence-corrected chi connectivity index (χ2v) is 5.41. The number of carbonyl (C=O) groups is 3. The largest absolute Gasteiger partial charge is 0.468 e. The lowest BCUT2D eigenvalue weighted by molar-refractivity contribution is -0.145. The highest BCUT2D eigenvalue weighted by atomic mass is 35.5. The van der Waals surface area contributed by atoms with Gasteiger partial charge in [-0.1, -0.05) is 12.7 Å². The molecule has 8 nitrogen and oxygen atoms in total. The van der Waals surface area contributed by atoms with Crippen molar-refractivity contribution in [2.75, 3.05) is 33.9 Å². The molecule has 0 bridgehead atoms. The number of rotatable bonds is 4. The zero-order chi connectivity index (χ0) is 17.9. The van der Waals surface area contributed by atoms with E-state index in [1.807, 2.05) is 0 Å². The first-order chi connectivity index (χ1) is 11.5. The van der Waals surface area contributed by atoms with Crippen molar-refractivity contribution in [3.63, 3.8) is 0 Å². The van der Waals surface area contributed by atoms with Crippen LogP contribution >= 0.6 is 12.4 Å². The minimum Gasteiger partial charge on any atom is -0.468 e. The molecule has 0 aliphatic carbocycles. The van der Waals surface area contributed by atoms with E-state index in [-0.39, 0.29) is 37.0 Å². The highest BCUT2D eigenvalue weighted by Crippen LogP contribution is 2.19. The van der Waals surface area contributed by atoms with Gasteiger partial charge >= 0.3 is 18.0 Å². The normalized spacial score (nSPS) is 21.3. The number of methoxy groups -OCH3 is 2. The van der Waals surface area contributed by atoms with Crippen molar-refractivity contribution in [1.29, 1.82) is 0 Å². The quantitative estimate of drug-likeness (QED) is 0.447. The standard InChI is InChI=1S/C10H15NO4.C6H11NO2.ClH/c1-3-7-15-10(13)11-6-4-5-8(11)9(12)14-2;1-9-6(8)5-3-2-4-7-5;/h3,8H,1,4-7H2,2H3;5,7H,2-4H2,1H3;1H. The van der Waals surface area contributed by atoms with Crippen LogP contribution in [0.25, 0.3) is 0 Å². The third kappa shape index (κ3) is 7.31. The predicted molar refractivity (Wildman–Crippen MR) is 93.6 cm³/mol. The molecule has 0 aromatic carbocycles. The van der Waals surface area contributed by atoms with Gasteiger partial charge in [-0.25, -0.2) is 9.59 Å². The lowest BCUT2D eigenvalue weighted by Gasteiger charge is -2.21. The molecule has 2 aliphatic rings. The van der Waals surface area contributed by atoms with E-state index in [1.54, 1.807) is 0 Å². The fourth-order valence-corrected chi connectivity index (χ4v) is 2.61. The molecule has 2 rings (SSSR count). The number of nitrogens with one attached hydrogen (secondary N) is 1. The van der Waals surface area contributed by atoms with Gasteiger partial charge in [0.2, 0.25) is 0 Å². The summed E-state index contributed by atoms with van der Waals surface area (Å²) in [7, 11) is 2.73. The van der Waals surface area contributed by atoms with Gasteiger partial charge in [0.15, 0.2) is 0 Å². The Labute approximate surface area is 154 Å². The second kappa shape index (κ2) is 12.5. The van der Waals surface area contributed by atoms with Crippen molar-refractivity contribution in [2.24, 2.45) is 0 Å². The summed E-state index contributed by atoms with van der Waals surface area (Å²) in [5.41, 5.74) is 0. The van der Waals surface area contributed by atoms with Crippen LogP contribution in [0.5, 0.6) is 0 Å². The highest BCUT2D eigenvalue weighted by Gasteiger charge is 2.35. The van der Waals surface area contributed by atoms with E-state index in [4.69, 9.17) is 4.74 Å². The van der Waals surface area contributed by atoms with Crippen molar-refractivity contribution < 1.29 is 28.6 Å². The minimum atomic E-state index is -0.493. The molecule has 25 heavy (non-hydrogen) atoms. The summed E-state index contributed by atoms with van der Waals surface area (Å²) in [5.74, 6) is -0.518. The molecule has 0 aromatic rings. The fourth-order valence-electron chi connectivity index (χ4n) is 2.61. The van der Waals surface area contributed by atoms with E-state index < -0.39 is 12.1 Å². The summed E-state index contributed by atoms with van der Waals surface area (Å²) in [5, 5.41) is 3.03. The molecule has 0 aromatic heterocycles. The Morgan fingerprint density at radius 1 is 1.16 bits per heavy atom. The Kier molecular flexibility index (Phi) is 11.6. The molecule has 0 saturated carbocycles. The van der Waals surface area contributed by atoms with E-state index in [9.17, 15) is 14.4 Å². The zero-order valence-electron chi connectivity index (χ0n) is 14.7. The molecular formula is C16H27ClN2O6. The van der Waals surface area contributed by atoms with Crippen LogP contribution in [-0.4, -0.2) is 68.9 Å². The second-order valence-electron chi connectivity index (χ2n) is 5.41. The zero-order valence-corrected chi connectivity index (χ0v) is 15.5. The summed E-state index contributed by atoms with van der Waals surface area (Å²) in [6.45, 7) is 5.08. The van der Waals surface area contributed by atoms with E-state index >= 15 is 0 Å². The van der Waals surface area contributed by atoms with E-state index in [0.29, 0.717) is 13.0 Å². The molecule has 1 N–H and O–H groups in total. The number of hydrogen-bond donors (Lipinski definition) is 1. The molecular weight excluding hydrogens is 352 g/mol. The smallest absolute Gasteiger partial charge is 0.410 e. The van der Waals surface area contributed by atoms with Crippen molar-refractivity contribution in [2.45, 2.75) is 37.8 Å². The molecule has 2 unspecified atom stereocenters. The van der Waals surface area contributed by atoms with Gasteiger partial charge in [0.05, 0.1) is 14.2 Å². The number of ether oxygens (including phenoxy) is 3. The molecule has 9 heteroatoms. The maximum atomic E-state index is 11.5. The molecule has 2 atom stereocenters. The summed E-state index contributed by atoms with van der Waals surface area (Å²) in [6.07, 6.45) is 4.44. The Morgan fingerprint density at radius 3 is 2.36 bits per heavy atom. The number of esters is 2. The van der Waals surface area contributed by atoms with Crippen molar-refractivity contribution >= 4 is 30.4 Å². The first kappa shape index (κ1) is 23.2. The molecule has 2 aliphatic heterocycles. The number of likely N-dealkylation sites (tertiary alicyclic amines) is 1. The Bertz CT molecular complexity index is 454. The number of amides is 1. The number of halogens is 1. The number of nitrogens with zero attached hydrogens (tertiary/aromatic N) is 1. The Hall–Kier alpha value is -1.80. The van der Waals surface area contributed by atoms with Crippen molar-refractivity contribution in [3.05, 3.63) is 12.7 Å². The van der Waals surface area contributed by atoms with Crippen molar-refractivity contribution in [3.8, 4) is 0 Å². The molecule has 2 fully saturated rings. The minimum absolute atomic E-state index is 0. The fraction of sp³-hybridized carbons (Fsp3) is 0.688. The molecule has 0 radical (unpaired) electrons. The SMILES string of the molecule is C=CCOC(=O)N1CCCC1C(=O)OC.COC(=O)C1CCCN1.Cl. The van der Waals surface area contributed by atoms with Crippen molar-refractivity contribution in [1.82, 2.24) is 10.2 Å². The number of hydrogen-bond acceptors (Lipinski definition) is 7. The molecule has 2 heterocycles. The Morgan fingerprint density at radius 2 is 1.84 bits per heavy atom. The van der Waals surface area contributed by atoms with Crippen LogP contribution in [0.3, 0.4) is 0 Å². The van der Waals surface area contributed by atoms with Gasteiger partial charge in [0.25, 0.3) is 0 Å². The third-order valence-electron chi connectivity index (χ3n) is 3.83. The predicted octanol–water partition coefficient (Wildman–Crippen LogP) is 1.28. The topological polar surface area (TPSA) is 94.2 Å². The van der Waals surface area contributed by atoms with Crippen LogP contribution in [-0.2, 0) is 23.8 Å². The van der Waals surface area contributed by atoms with E-state index in [1.165, 1.54) is 25.2 Å². The first-order valence-corrected chi connectivity index (χ1v) is 7.98.